The molecule has 1 aromatic heterocycles. The average molecular weight is 196 g/mol. The minimum atomic E-state index is -0.366. The van der Waals surface area contributed by atoms with Crippen LogP contribution in [0.25, 0.3) is 0 Å². The SMILES string of the molecule is C=NC(=O)CCn1c(O)cc(C)c1O. The molecule has 0 saturated heterocycles. The summed E-state index contributed by atoms with van der Waals surface area (Å²) in [6, 6.07) is 1.43. The number of amides is 1. The predicted molar refractivity (Wildman–Crippen MR) is 51.7 cm³/mol. The van der Waals surface area contributed by atoms with Gasteiger partial charge in [-0.3, -0.25) is 9.36 Å². The van der Waals surface area contributed by atoms with Crippen LogP contribution < -0.4 is 0 Å². The zero-order valence-corrected chi connectivity index (χ0v) is 7.90. The minimum Gasteiger partial charge on any atom is -0.494 e. The van der Waals surface area contributed by atoms with Crippen molar-refractivity contribution in [3.05, 3.63) is 11.6 Å². The van der Waals surface area contributed by atoms with Crippen LogP contribution >= 0.6 is 0 Å². The van der Waals surface area contributed by atoms with Crippen molar-refractivity contribution in [3.8, 4) is 11.8 Å². The van der Waals surface area contributed by atoms with E-state index in [-0.39, 0.29) is 30.6 Å². The summed E-state index contributed by atoms with van der Waals surface area (Å²) < 4.78 is 1.25. The van der Waals surface area contributed by atoms with Gasteiger partial charge in [0.2, 0.25) is 5.91 Å². The summed E-state index contributed by atoms with van der Waals surface area (Å²) in [5.74, 6) is -0.452. The molecule has 1 amide bonds. The maximum Gasteiger partial charge on any atom is 0.246 e. The van der Waals surface area contributed by atoms with Crippen molar-refractivity contribution in [3.63, 3.8) is 0 Å². The van der Waals surface area contributed by atoms with Crippen LogP contribution in [0.15, 0.2) is 11.1 Å². The van der Waals surface area contributed by atoms with Gasteiger partial charge < -0.3 is 10.2 Å². The lowest BCUT2D eigenvalue weighted by atomic mass is 10.4. The fraction of sp³-hybridized carbons (Fsp3) is 0.333. The zero-order chi connectivity index (χ0) is 10.7. The molecule has 0 atom stereocenters. The maximum atomic E-state index is 10.8. The van der Waals surface area contributed by atoms with E-state index in [0.717, 1.165) is 0 Å². The normalized spacial score (nSPS) is 10.1. The van der Waals surface area contributed by atoms with Crippen LogP contribution in [0, 0.1) is 6.92 Å². The van der Waals surface area contributed by atoms with Gasteiger partial charge in [0.25, 0.3) is 0 Å². The number of aromatic hydroxyl groups is 2. The molecule has 0 saturated carbocycles. The van der Waals surface area contributed by atoms with Gasteiger partial charge in [0.05, 0.1) is 0 Å². The van der Waals surface area contributed by atoms with Crippen LogP contribution in [0.1, 0.15) is 12.0 Å². The third-order valence-corrected chi connectivity index (χ3v) is 1.96. The summed E-state index contributed by atoms with van der Waals surface area (Å²) in [4.78, 5) is 14.0. The Balaban J connectivity index is 2.76. The molecular weight excluding hydrogens is 184 g/mol. The molecule has 0 bridgehead atoms. The number of carbonyl (C=O) groups is 1. The molecule has 0 aliphatic carbocycles. The number of aliphatic imine (C=N–C) groups is 1. The number of nitrogens with zero attached hydrogens (tertiary/aromatic N) is 2. The van der Waals surface area contributed by atoms with Gasteiger partial charge in [-0.1, -0.05) is 0 Å². The van der Waals surface area contributed by atoms with E-state index in [1.807, 2.05) is 0 Å². The molecule has 0 radical (unpaired) electrons. The Morgan fingerprint density at radius 1 is 1.64 bits per heavy atom. The van der Waals surface area contributed by atoms with Crippen molar-refractivity contribution in [2.45, 2.75) is 19.9 Å². The fourth-order valence-corrected chi connectivity index (χ4v) is 1.16. The highest BCUT2D eigenvalue weighted by molar-refractivity contribution is 5.80. The summed E-state index contributed by atoms with van der Waals surface area (Å²) in [5, 5.41) is 18.8. The summed E-state index contributed by atoms with van der Waals surface area (Å²) in [5.41, 5.74) is 0.571. The molecular formula is C9H12N2O3. The van der Waals surface area contributed by atoms with Gasteiger partial charge in [0, 0.05) is 24.6 Å². The second kappa shape index (κ2) is 3.95. The third-order valence-electron chi connectivity index (χ3n) is 1.96. The Labute approximate surface area is 81.3 Å². The van der Waals surface area contributed by atoms with Crippen LogP contribution in [-0.2, 0) is 11.3 Å². The van der Waals surface area contributed by atoms with E-state index >= 15 is 0 Å². The van der Waals surface area contributed by atoms with Crippen LogP contribution in [0.3, 0.4) is 0 Å². The topological polar surface area (TPSA) is 74.8 Å². The highest BCUT2D eigenvalue weighted by atomic mass is 16.3. The Kier molecular flexibility index (Phi) is 2.91. The average Bonchev–Trinajstić information content (AvgIpc) is 2.39. The second-order valence-electron chi connectivity index (χ2n) is 2.96. The molecule has 0 aliphatic rings. The molecule has 0 aromatic carbocycles. The summed E-state index contributed by atoms with van der Waals surface area (Å²) >= 11 is 0. The highest BCUT2D eigenvalue weighted by Crippen LogP contribution is 2.26. The zero-order valence-electron chi connectivity index (χ0n) is 7.90. The van der Waals surface area contributed by atoms with Gasteiger partial charge in [-0.05, 0) is 13.6 Å². The quantitative estimate of drug-likeness (QED) is 0.703. The first kappa shape index (κ1) is 10.3. The van der Waals surface area contributed by atoms with E-state index in [1.165, 1.54) is 10.6 Å². The molecule has 1 heterocycles. The molecule has 1 rings (SSSR count). The lowest BCUT2D eigenvalue weighted by molar-refractivity contribution is -0.117. The van der Waals surface area contributed by atoms with Crippen LogP contribution in [0.4, 0.5) is 0 Å². The second-order valence-corrected chi connectivity index (χ2v) is 2.96. The minimum absolute atomic E-state index is 0.0284. The number of carbonyl (C=O) groups excluding carboxylic acids is 1. The summed E-state index contributed by atoms with van der Waals surface area (Å²) in [6.07, 6.45) is 0.110. The summed E-state index contributed by atoms with van der Waals surface area (Å²) in [6.45, 7) is 4.95. The van der Waals surface area contributed by atoms with E-state index in [1.54, 1.807) is 6.92 Å². The van der Waals surface area contributed by atoms with Crippen molar-refractivity contribution in [1.82, 2.24) is 4.57 Å². The predicted octanol–water partition coefficient (Wildman–Crippen LogP) is 0.825. The van der Waals surface area contributed by atoms with Crippen molar-refractivity contribution in [2.24, 2.45) is 4.99 Å². The van der Waals surface area contributed by atoms with Gasteiger partial charge in [-0.15, -0.1) is 0 Å². The van der Waals surface area contributed by atoms with Gasteiger partial charge >= 0.3 is 0 Å². The van der Waals surface area contributed by atoms with Gasteiger partial charge in [0.1, 0.15) is 0 Å². The number of hydrogen-bond donors (Lipinski definition) is 2. The lowest BCUT2D eigenvalue weighted by Crippen LogP contribution is -2.02. The van der Waals surface area contributed by atoms with E-state index in [0.29, 0.717) is 5.56 Å². The molecule has 0 aliphatic heterocycles. The molecule has 0 spiro atoms. The highest BCUT2D eigenvalue weighted by Gasteiger charge is 2.10. The van der Waals surface area contributed by atoms with E-state index in [2.05, 4.69) is 11.7 Å². The Hall–Kier alpha value is -1.78. The molecule has 0 fully saturated rings. The van der Waals surface area contributed by atoms with E-state index < -0.39 is 0 Å². The number of aryl methyl sites for hydroxylation is 1. The molecule has 2 N–H and O–H groups in total. The lowest BCUT2D eigenvalue weighted by Gasteiger charge is -2.04. The molecule has 1 aromatic rings. The first-order valence-corrected chi connectivity index (χ1v) is 4.14. The molecule has 76 valence electrons. The molecule has 5 nitrogen and oxygen atoms in total. The molecule has 0 unspecified atom stereocenters. The third kappa shape index (κ3) is 1.93. The van der Waals surface area contributed by atoms with Gasteiger partial charge in [-0.2, -0.15) is 0 Å². The molecule has 14 heavy (non-hydrogen) atoms. The van der Waals surface area contributed by atoms with E-state index in [4.69, 9.17) is 0 Å². The number of aromatic nitrogens is 1. The van der Waals surface area contributed by atoms with Crippen molar-refractivity contribution < 1.29 is 15.0 Å². The standard InChI is InChI=1S/C9H12N2O3/c1-6-5-8(13)11(9(6)14)4-3-7(12)10-2/h5,13-14H,2-4H2,1H3. The number of rotatable bonds is 3. The largest absolute Gasteiger partial charge is 0.494 e. The van der Waals surface area contributed by atoms with Crippen molar-refractivity contribution >= 4 is 12.6 Å². The maximum absolute atomic E-state index is 10.8. The van der Waals surface area contributed by atoms with E-state index in [9.17, 15) is 15.0 Å². The first-order valence-electron chi connectivity index (χ1n) is 4.14. The fourth-order valence-electron chi connectivity index (χ4n) is 1.16. The molecule has 5 heteroatoms. The number of hydrogen-bond acceptors (Lipinski definition) is 3. The van der Waals surface area contributed by atoms with Crippen LogP contribution in [0.5, 0.6) is 11.8 Å². The Morgan fingerprint density at radius 3 is 2.71 bits per heavy atom. The first-order chi connectivity index (χ1) is 6.56. The van der Waals surface area contributed by atoms with Gasteiger partial charge in [-0.25, -0.2) is 4.99 Å². The van der Waals surface area contributed by atoms with Crippen molar-refractivity contribution in [1.29, 1.82) is 0 Å². The van der Waals surface area contributed by atoms with Crippen LogP contribution in [-0.4, -0.2) is 27.4 Å². The van der Waals surface area contributed by atoms with Gasteiger partial charge in [0.15, 0.2) is 11.8 Å². The Bertz CT molecular complexity index is 368. The monoisotopic (exact) mass is 196 g/mol. The summed E-state index contributed by atoms with van der Waals surface area (Å²) in [7, 11) is 0. The van der Waals surface area contributed by atoms with Crippen LogP contribution in [0.2, 0.25) is 0 Å². The van der Waals surface area contributed by atoms with Crippen molar-refractivity contribution in [2.75, 3.05) is 0 Å². The smallest absolute Gasteiger partial charge is 0.246 e. The Morgan fingerprint density at radius 2 is 2.29 bits per heavy atom.